The zero-order valence-corrected chi connectivity index (χ0v) is 11.0. The van der Waals surface area contributed by atoms with Crippen molar-refractivity contribution in [3.8, 4) is 0 Å². The van der Waals surface area contributed by atoms with E-state index < -0.39 is 7.36 Å². The Bertz CT molecular complexity index is 391. The second-order valence-corrected chi connectivity index (χ2v) is 7.10. The molecule has 0 radical (unpaired) electrons. The lowest BCUT2D eigenvalue weighted by Crippen LogP contribution is -2.28. The van der Waals surface area contributed by atoms with E-state index in [-0.39, 0.29) is 0 Å². The Hall–Kier alpha value is -0.870. The zero-order chi connectivity index (χ0) is 11.8. The van der Waals surface area contributed by atoms with Gasteiger partial charge < -0.3 is 10.6 Å². The fourth-order valence-electron chi connectivity index (χ4n) is 1.93. The predicted molar refractivity (Wildman–Crippen MR) is 68.8 cm³/mol. The van der Waals surface area contributed by atoms with Gasteiger partial charge >= 0.3 is 0 Å². The van der Waals surface area contributed by atoms with Crippen LogP contribution in [0, 0.1) is 0 Å². The van der Waals surface area contributed by atoms with Gasteiger partial charge in [-0.1, -0.05) is 0 Å². The van der Waals surface area contributed by atoms with Crippen LogP contribution in [0.1, 0.15) is 12.8 Å². The quantitative estimate of drug-likeness (QED) is 0.697. The van der Waals surface area contributed by atoms with Crippen LogP contribution in [-0.2, 0) is 0 Å². The third-order valence-corrected chi connectivity index (χ3v) is 5.42. The molecule has 1 saturated heterocycles. The topological polar surface area (TPSA) is 69.6 Å². The van der Waals surface area contributed by atoms with E-state index in [1.807, 2.05) is 19.0 Å². The van der Waals surface area contributed by atoms with Crippen LogP contribution in [0.4, 0.5) is 0 Å². The smallest absolute Gasteiger partial charge is 0.229 e. The van der Waals surface area contributed by atoms with Crippen LogP contribution in [-0.4, -0.2) is 55.3 Å². The van der Waals surface area contributed by atoms with Crippen molar-refractivity contribution in [3.05, 3.63) is 0 Å². The molecule has 2 N–H and O–H groups in total. The first-order chi connectivity index (χ1) is 7.51. The Morgan fingerprint density at radius 3 is 2.50 bits per heavy atom. The van der Waals surface area contributed by atoms with Gasteiger partial charge in [-0.2, -0.15) is 14.5 Å². The van der Waals surface area contributed by atoms with Gasteiger partial charge in [-0.25, -0.2) is 0 Å². The molecule has 2 heterocycles. The van der Waals surface area contributed by atoms with Crippen molar-refractivity contribution in [2.24, 2.45) is 20.2 Å². The highest BCUT2D eigenvalue weighted by Gasteiger charge is 2.28. The summed E-state index contributed by atoms with van der Waals surface area (Å²) in [6.07, 6.45) is 2.46. The maximum absolute atomic E-state index is 5.78. The van der Waals surface area contributed by atoms with E-state index in [4.69, 9.17) is 10.5 Å². The second-order valence-electron chi connectivity index (χ2n) is 4.39. The number of guanidine groups is 2. The van der Waals surface area contributed by atoms with Crippen molar-refractivity contribution in [2.45, 2.75) is 12.8 Å². The predicted octanol–water partition coefficient (Wildman–Crippen LogP) is 0.989. The fourth-order valence-corrected chi connectivity index (χ4v) is 4.26. The highest BCUT2D eigenvalue weighted by Crippen LogP contribution is 2.54. The summed E-state index contributed by atoms with van der Waals surface area (Å²) in [6.45, 7) is 4.25. The van der Waals surface area contributed by atoms with E-state index in [9.17, 15) is 0 Å². The molecule has 1 unspecified atom stereocenters. The molecule has 0 bridgehead atoms. The Morgan fingerprint density at radius 1 is 1.31 bits per heavy atom. The van der Waals surface area contributed by atoms with Crippen LogP contribution in [0.2, 0.25) is 0 Å². The summed E-state index contributed by atoms with van der Waals surface area (Å²) in [4.78, 5) is 6.04. The van der Waals surface area contributed by atoms with Crippen molar-refractivity contribution in [1.29, 1.82) is 0 Å². The summed E-state index contributed by atoms with van der Waals surface area (Å²) in [5.41, 5.74) is 5.78. The first kappa shape index (κ1) is 11.6. The summed E-state index contributed by atoms with van der Waals surface area (Å²) in [5.74, 6) is 1.05. The molecule has 0 amide bonds. The van der Waals surface area contributed by atoms with Gasteiger partial charge in [-0.3, -0.25) is 4.67 Å². The Balaban J connectivity index is 2.37. The molecule has 0 aromatic rings. The molecule has 0 aromatic heterocycles. The molecular weight excluding hydrogens is 223 g/mol. The number of hydrogen-bond donors (Lipinski definition) is 1. The van der Waals surface area contributed by atoms with Crippen LogP contribution in [0.15, 0.2) is 14.5 Å². The number of aliphatic imine (C=N–C) groups is 1. The highest BCUT2D eigenvalue weighted by atomic mass is 31.2. The van der Waals surface area contributed by atoms with Gasteiger partial charge in [0.15, 0.2) is 0 Å². The molecule has 2 aliphatic heterocycles. The van der Waals surface area contributed by atoms with Crippen molar-refractivity contribution in [3.63, 3.8) is 0 Å². The zero-order valence-electron chi connectivity index (χ0n) is 10.1. The molecule has 0 aliphatic carbocycles. The van der Waals surface area contributed by atoms with Crippen LogP contribution in [0.5, 0.6) is 0 Å². The Morgan fingerprint density at radius 2 is 1.94 bits per heavy atom. The van der Waals surface area contributed by atoms with Crippen LogP contribution < -0.4 is 5.73 Å². The lowest BCUT2D eigenvalue weighted by atomic mass is 10.4. The van der Waals surface area contributed by atoms with Gasteiger partial charge in [-0.15, -0.1) is 0 Å². The Kier molecular flexibility index (Phi) is 3.04. The normalized spacial score (nSPS) is 30.7. The van der Waals surface area contributed by atoms with Crippen molar-refractivity contribution in [2.75, 3.05) is 33.8 Å². The Labute approximate surface area is 96.4 Å². The van der Waals surface area contributed by atoms with Gasteiger partial charge in [0.25, 0.3) is 0 Å². The highest BCUT2D eigenvalue weighted by molar-refractivity contribution is 7.62. The molecule has 0 saturated carbocycles. The molecule has 0 aromatic carbocycles. The molecule has 90 valence electrons. The molecule has 6 nitrogen and oxygen atoms in total. The number of hydrogen-bond acceptors (Lipinski definition) is 6. The molecule has 16 heavy (non-hydrogen) atoms. The van der Waals surface area contributed by atoms with E-state index in [1.54, 1.807) is 0 Å². The summed E-state index contributed by atoms with van der Waals surface area (Å²) < 4.78 is 11.5. The van der Waals surface area contributed by atoms with Gasteiger partial charge in [0.05, 0.1) is 0 Å². The fraction of sp³-hybridized carbons (Fsp3) is 0.778. The van der Waals surface area contributed by atoms with Gasteiger partial charge in [0, 0.05) is 33.8 Å². The van der Waals surface area contributed by atoms with Crippen LogP contribution in [0.25, 0.3) is 0 Å². The monoisotopic (exact) mass is 242 g/mol. The minimum absolute atomic E-state index is 0.362. The van der Waals surface area contributed by atoms with E-state index in [2.05, 4.69) is 21.1 Å². The van der Waals surface area contributed by atoms with E-state index in [1.165, 1.54) is 12.8 Å². The lowest BCUT2D eigenvalue weighted by molar-refractivity contribution is 0.557. The standard InChI is InChI=1S/C9H19N6P/c1-14(2)9-11-8(10)12-16(3,13-9)15-6-4-5-7-15/h4-7H2,1-3H3,(H2,10,12). The van der Waals surface area contributed by atoms with E-state index in [0.717, 1.165) is 13.1 Å². The molecule has 1 atom stereocenters. The number of nitrogens with two attached hydrogens (primary N) is 1. The second kappa shape index (κ2) is 4.18. The first-order valence-electron chi connectivity index (χ1n) is 5.48. The summed E-state index contributed by atoms with van der Waals surface area (Å²) in [7, 11) is 2.02. The molecular formula is C9H19N6P. The summed E-state index contributed by atoms with van der Waals surface area (Å²) >= 11 is 0. The largest absolute Gasteiger partial charge is 0.368 e. The average molecular weight is 242 g/mol. The first-order valence-corrected chi connectivity index (χ1v) is 7.58. The average Bonchev–Trinajstić information content (AvgIpc) is 2.69. The summed E-state index contributed by atoms with van der Waals surface area (Å²) in [6, 6.07) is 0. The third-order valence-electron chi connectivity index (χ3n) is 2.80. The van der Waals surface area contributed by atoms with Gasteiger partial charge in [0.2, 0.25) is 11.9 Å². The minimum atomic E-state index is -1.83. The minimum Gasteiger partial charge on any atom is -0.368 e. The van der Waals surface area contributed by atoms with Crippen LogP contribution in [0.3, 0.4) is 0 Å². The van der Waals surface area contributed by atoms with Crippen molar-refractivity contribution < 1.29 is 0 Å². The van der Waals surface area contributed by atoms with Crippen molar-refractivity contribution >= 4 is 19.3 Å². The molecule has 1 fully saturated rings. The third kappa shape index (κ3) is 2.13. The van der Waals surface area contributed by atoms with Gasteiger partial charge in [-0.05, 0) is 12.8 Å². The maximum Gasteiger partial charge on any atom is 0.229 e. The SMILES string of the molecule is CN(C)C1=NC(N)=NP(C)(N2CCCC2)=N1. The molecule has 2 aliphatic rings. The van der Waals surface area contributed by atoms with Crippen LogP contribution >= 0.6 is 7.36 Å². The summed E-state index contributed by atoms with van der Waals surface area (Å²) in [5, 5.41) is 0. The molecule has 7 heteroatoms. The van der Waals surface area contributed by atoms with Gasteiger partial charge in [0.1, 0.15) is 7.36 Å². The maximum atomic E-state index is 5.78. The molecule has 2 rings (SSSR count). The van der Waals surface area contributed by atoms with Crippen molar-refractivity contribution in [1.82, 2.24) is 9.57 Å². The van der Waals surface area contributed by atoms with E-state index >= 15 is 0 Å². The molecule has 0 spiro atoms. The number of nitrogens with zero attached hydrogens (tertiary/aromatic N) is 5. The lowest BCUT2D eigenvalue weighted by Gasteiger charge is -2.29. The number of rotatable bonds is 1. The van der Waals surface area contributed by atoms with E-state index in [0.29, 0.717) is 11.9 Å².